The average Bonchev–Trinajstić information content (AvgIpc) is 3.23. The van der Waals surface area contributed by atoms with Gasteiger partial charge in [0.2, 0.25) is 6.79 Å². The van der Waals surface area contributed by atoms with Crippen LogP contribution in [0, 0.1) is 0 Å². The summed E-state index contributed by atoms with van der Waals surface area (Å²) in [4.78, 5) is 15.8. The van der Waals surface area contributed by atoms with Crippen molar-refractivity contribution in [2.24, 2.45) is 0 Å². The number of ether oxygens (including phenoxy) is 3. The van der Waals surface area contributed by atoms with Crippen molar-refractivity contribution in [3.8, 4) is 17.2 Å². The summed E-state index contributed by atoms with van der Waals surface area (Å²) >= 11 is 0. The fraction of sp³-hybridized carbons (Fsp3) is 0.409. The molecule has 2 heterocycles. The molecule has 2 aliphatic heterocycles. The fourth-order valence-electron chi connectivity index (χ4n) is 4.04. The molecule has 0 saturated carbocycles. The molecule has 0 unspecified atom stereocenters. The topological polar surface area (TPSA) is 65.7 Å². The third kappa shape index (κ3) is 4.46. The maximum atomic E-state index is 12.7. The van der Waals surface area contributed by atoms with E-state index in [1.807, 2.05) is 18.2 Å². The van der Waals surface area contributed by atoms with Crippen LogP contribution in [0.4, 0.5) is 0 Å². The van der Waals surface area contributed by atoms with Crippen LogP contribution in [0.15, 0.2) is 42.5 Å². The summed E-state index contributed by atoms with van der Waals surface area (Å²) in [6.45, 7) is 5.21. The number of likely N-dealkylation sites (N-methyl/N-ethyl adjacent to an activating group) is 1. The van der Waals surface area contributed by atoms with Crippen molar-refractivity contribution in [1.29, 1.82) is 0 Å². The zero-order chi connectivity index (χ0) is 20.2. The monoisotopic (exact) mass is 399 g/mol. The highest BCUT2D eigenvalue weighted by atomic mass is 16.7. The second kappa shape index (κ2) is 8.71. The maximum absolute atomic E-state index is 12.7. The van der Waals surface area contributed by atoms with Crippen molar-refractivity contribution in [1.82, 2.24) is 5.32 Å². The van der Waals surface area contributed by atoms with Crippen molar-refractivity contribution in [3.05, 3.63) is 53.6 Å². The lowest BCUT2D eigenvalue weighted by Crippen LogP contribution is -3.27. The van der Waals surface area contributed by atoms with E-state index in [0.29, 0.717) is 17.9 Å². The lowest BCUT2D eigenvalue weighted by Gasteiger charge is -2.33. The predicted molar refractivity (Wildman–Crippen MR) is 108 cm³/mol. The van der Waals surface area contributed by atoms with Gasteiger partial charge in [0.25, 0.3) is 5.91 Å². The van der Waals surface area contributed by atoms with Gasteiger partial charge in [0.05, 0.1) is 20.7 Å². The highest BCUT2D eigenvalue weighted by Gasteiger charge is 2.31. The first-order chi connectivity index (χ1) is 14.1. The van der Waals surface area contributed by atoms with Crippen LogP contribution in [0.25, 0.3) is 0 Å². The van der Waals surface area contributed by atoms with Crippen LogP contribution >= 0.6 is 0 Å². The molecule has 4 rings (SSSR count). The number of carbonyl (C=O) groups is 1. The van der Waals surface area contributed by atoms with Gasteiger partial charge in [0.1, 0.15) is 38.0 Å². The first-order valence-electron chi connectivity index (χ1n) is 10.1. The lowest BCUT2D eigenvalue weighted by molar-refractivity contribution is -1.02. The first kappa shape index (κ1) is 19.5. The first-order valence-corrected chi connectivity index (χ1v) is 10.1. The van der Waals surface area contributed by atoms with E-state index in [1.165, 1.54) is 4.90 Å². The molecule has 1 atom stereocenters. The van der Waals surface area contributed by atoms with Crippen molar-refractivity contribution >= 4 is 5.91 Å². The molecule has 0 radical (unpaired) electrons. The molecule has 154 valence electrons. The highest BCUT2D eigenvalue weighted by molar-refractivity contribution is 5.94. The summed E-state index contributed by atoms with van der Waals surface area (Å²) in [6.07, 6.45) is 0. The molecular weight excluding hydrogens is 370 g/mol. The van der Waals surface area contributed by atoms with E-state index in [-0.39, 0.29) is 18.7 Å². The van der Waals surface area contributed by atoms with E-state index < -0.39 is 0 Å². The predicted octanol–water partition coefficient (Wildman–Crippen LogP) is -0.692. The van der Waals surface area contributed by atoms with Crippen LogP contribution in [0.2, 0.25) is 0 Å². The Bertz CT molecular complexity index is 865. The summed E-state index contributed by atoms with van der Waals surface area (Å²) in [5.41, 5.74) is 1.77. The molecule has 7 nitrogen and oxygen atoms in total. The van der Waals surface area contributed by atoms with Crippen molar-refractivity contribution in [2.45, 2.75) is 6.04 Å². The normalized spacial score (nSPS) is 21.4. The Morgan fingerprint density at radius 3 is 2.69 bits per heavy atom. The number of piperazine rings is 1. The van der Waals surface area contributed by atoms with Crippen molar-refractivity contribution in [2.75, 3.05) is 53.7 Å². The zero-order valence-electron chi connectivity index (χ0n) is 17.0. The van der Waals surface area contributed by atoms with Gasteiger partial charge < -0.3 is 29.3 Å². The summed E-state index contributed by atoms with van der Waals surface area (Å²) < 4.78 is 16.3. The summed E-state index contributed by atoms with van der Waals surface area (Å²) in [7, 11) is 3.84. The number of hydrogen-bond donors (Lipinski definition) is 3. The van der Waals surface area contributed by atoms with E-state index in [1.54, 1.807) is 24.1 Å². The number of benzene rings is 2. The molecule has 0 spiro atoms. The van der Waals surface area contributed by atoms with Gasteiger partial charge in [-0.15, -0.1) is 0 Å². The molecule has 0 bridgehead atoms. The second-order valence-corrected chi connectivity index (χ2v) is 7.72. The molecule has 2 aliphatic rings. The van der Waals surface area contributed by atoms with Crippen molar-refractivity contribution in [3.63, 3.8) is 0 Å². The van der Waals surface area contributed by atoms with Gasteiger partial charge in [0, 0.05) is 11.1 Å². The lowest BCUT2D eigenvalue weighted by atomic mass is 10.0. The van der Waals surface area contributed by atoms with Gasteiger partial charge in [0.15, 0.2) is 11.5 Å². The van der Waals surface area contributed by atoms with Gasteiger partial charge in [-0.1, -0.05) is 6.07 Å². The minimum Gasteiger partial charge on any atom is -0.497 e. The summed E-state index contributed by atoms with van der Waals surface area (Å²) in [5, 5.41) is 3.13. The van der Waals surface area contributed by atoms with Gasteiger partial charge in [-0.25, -0.2) is 0 Å². The quantitative estimate of drug-likeness (QED) is 0.602. The van der Waals surface area contributed by atoms with Crippen LogP contribution in [0.3, 0.4) is 0 Å². The Hall–Kier alpha value is -2.77. The van der Waals surface area contributed by atoms with E-state index in [0.717, 1.165) is 43.2 Å². The van der Waals surface area contributed by atoms with E-state index in [2.05, 4.69) is 24.5 Å². The Morgan fingerprint density at radius 2 is 1.90 bits per heavy atom. The number of amides is 1. The second-order valence-electron chi connectivity index (χ2n) is 7.72. The fourth-order valence-corrected chi connectivity index (χ4v) is 4.04. The number of nitrogens with one attached hydrogen (secondary N) is 3. The van der Waals surface area contributed by atoms with E-state index in [9.17, 15) is 4.79 Å². The molecule has 7 heteroatoms. The van der Waals surface area contributed by atoms with Crippen LogP contribution in [0.1, 0.15) is 22.0 Å². The van der Waals surface area contributed by atoms with Crippen LogP contribution in [-0.2, 0) is 0 Å². The van der Waals surface area contributed by atoms with Gasteiger partial charge >= 0.3 is 0 Å². The number of carbonyl (C=O) groups excluding carboxylic acids is 1. The van der Waals surface area contributed by atoms with Crippen molar-refractivity contribution < 1.29 is 28.8 Å². The smallest absolute Gasteiger partial charge is 0.251 e. The molecule has 0 aromatic heterocycles. The largest absolute Gasteiger partial charge is 0.497 e. The number of hydrogen-bond acceptors (Lipinski definition) is 4. The molecule has 2 aromatic carbocycles. The molecular formula is C22H29N3O4+2. The molecule has 1 fully saturated rings. The number of rotatable bonds is 6. The zero-order valence-corrected chi connectivity index (χ0v) is 17.0. The SMILES string of the molecule is COc1cccc(C(=O)NC[C@H](c2ccc3c(c2)OCO3)[NH+]2CC[NH+](C)CC2)c1. The van der Waals surface area contributed by atoms with E-state index in [4.69, 9.17) is 14.2 Å². The van der Waals surface area contributed by atoms with Gasteiger partial charge in [-0.2, -0.15) is 0 Å². The molecule has 1 amide bonds. The van der Waals surface area contributed by atoms with Crippen LogP contribution < -0.4 is 29.3 Å². The Morgan fingerprint density at radius 1 is 1.10 bits per heavy atom. The Kier molecular flexibility index (Phi) is 5.87. The standard InChI is InChI=1S/C22H27N3O4/c1-24-8-10-25(11-9-24)19(16-6-7-20-21(13-16)29-15-28-20)14-23-22(26)17-4-3-5-18(12-17)27-2/h3-7,12-13,19H,8-11,14-15H2,1-2H3,(H,23,26)/p+2/t19-/m1/s1. The van der Waals surface area contributed by atoms with E-state index >= 15 is 0 Å². The maximum Gasteiger partial charge on any atom is 0.251 e. The minimum absolute atomic E-state index is 0.0891. The number of quaternary nitrogens is 2. The summed E-state index contributed by atoms with van der Waals surface area (Å²) in [6, 6.07) is 13.5. The molecule has 3 N–H and O–H groups in total. The molecule has 2 aromatic rings. The van der Waals surface area contributed by atoms with Crippen LogP contribution in [-0.4, -0.2) is 59.6 Å². The molecule has 29 heavy (non-hydrogen) atoms. The Balaban J connectivity index is 1.51. The van der Waals surface area contributed by atoms with Gasteiger partial charge in [-0.3, -0.25) is 4.79 Å². The highest BCUT2D eigenvalue weighted by Crippen LogP contribution is 2.33. The third-order valence-corrected chi connectivity index (χ3v) is 5.84. The number of methoxy groups -OCH3 is 1. The number of fused-ring (bicyclic) bond motifs is 1. The molecule has 1 saturated heterocycles. The third-order valence-electron chi connectivity index (χ3n) is 5.84. The minimum atomic E-state index is -0.0891. The summed E-state index contributed by atoms with van der Waals surface area (Å²) in [5.74, 6) is 2.16. The van der Waals surface area contributed by atoms with Crippen LogP contribution in [0.5, 0.6) is 17.2 Å². The Labute approximate surface area is 171 Å². The average molecular weight is 399 g/mol. The molecule has 0 aliphatic carbocycles. The van der Waals surface area contributed by atoms with Gasteiger partial charge in [-0.05, 0) is 36.4 Å².